The minimum Gasteiger partial charge on any atom is -0.379 e. The number of carbonyl (C=O) groups is 1. The summed E-state index contributed by atoms with van der Waals surface area (Å²) in [7, 11) is 0. The first-order valence-electron chi connectivity index (χ1n) is 7.44. The van der Waals surface area contributed by atoms with E-state index in [0.717, 1.165) is 56.2 Å². The van der Waals surface area contributed by atoms with Crippen molar-refractivity contribution in [3.63, 3.8) is 0 Å². The average Bonchev–Trinajstić information content (AvgIpc) is 2.83. The summed E-state index contributed by atoms with van der Waals surface area (Å²) in [6, 6.07) is -0.660. The van der Waals surface area contributed by atoms with Gasteiger partial charge in [-0.1, -0.05) is 0 Å². The maximum atomic E-state index is 12.1. The minimum absolute atomic E-state index is 0.149. The van der Waals surface area contributed by atoms with Crippen molar-refractivity contribution in [1.82, 2.24) is 20.4 Å². The van der Waals surface area contributed by atoms with Crippen LogP contribution in [0.1, 0.15) is 29.4 Å². The van der Waals surface area contributed by atoms with Gasteiger partial charge in [0.15, 0.2) is 0 Å². The average molecular weight is 295 g/mol. The van der Waals surface area contributed by atoms with Gasteiger partial charge in [0.1, 0.15) is 6.04 Å². The molecule has 7 heteroatoms. The Hall–Kier alpha value is -1.44. The Bertz CT molecular complexity index is 448. The molecule has 0 saturated carbocycles. The first kappa shape index (κ1) is 15.9. The Labute approximate surface area is 125 Å². The lowest BCUT2D eigenvalue weighted by Gasteiger charge is -2.26. The van der Waals surface area contributed by atoms with Crippen LogP contribution in [0, 0.1) is 13.8 Å². The molecule has 0 radical (unpaired) electrons. The Balaban J connectivity index is 1.71. The van der Waals surface area contributed by atoms with Crippen LogP contribution < -0.4 is 11.1 Å². The van der Waals surface area contributed by atoms with Crippen molar-refractivity contribution < 1.29 is 9.53 Å². The number of carbonyl (C=O) groups excluding carboxylic acids is 1. The molecule has 0 aliphatic carbocycles. The van der Waals surface area contributed by atoms with Crippen LogP contribution in [-0.4, -0.2) is 60.4 Å². The molecule has 1 saturated heterocycles. The lowest BCUT2D eigenvalue weighted by molar-refractivity contribution is -0.122. The Morgan fingerprint density at radius 3 is 2.81 bits per heavy atom. The number of H-pyrrole nitrogens is 1. The van der Waals surface area contributed by atoms with Crippen LogP contribution in [0.3, 0.4) is 0 Å². The van der Waals surface area contributed by atoms with Crippen molar-refractivity contribution in [2.24, 2.45) is 5.73 Å². The molecule has 1 fully saturated rings. The van der Waals surface area contributed by atoms with Gasteiger partial charge in [0, 0.05) is 30.9 Å². The van der Waals surface area contributed by atoms with Crippen LogP contribution >= 0.6 is 0 Å². The molecule has 4 N–H and O–H groups in total. The van der Waals surface area contributed by atoms with E-state index in [0.29, 0.717) is 6.54 Å². The van der Waals surface area contributed by atoms with Crippen LogP contribution in [0.5, 0.6) is 0 Å². The van der Waals surface area contributed by atoms with Crippen LogP contribution in [0.15, 0.2) is 0 Å². The molecule has 2 rings (SSSR count). The fourth-order valence-electron chi connectivity index (χ4n) is 2.60. The maximum absolute atomic E-state index is 12.1. The largest absolute Gasteiger partial charge is 0.379 e. The number of hydrogen-bond acceptors (Lipinski definition) is 5. The molecule has 118 valence electrons. The molecule has 1 aliphatic rings. The van der Waals surface area contributed by atoms with Crippen molar-refractivity contribution in [1.29, 1.82) is 0 Å². The molecule has 1 aromatic rings. The SMILES string of the molecule is Cc1n[nH]c(C)c1[C@H](N)C(=O)NCCCN1CCOCC1. The van der Waals surface area contributed by atoms with E-state index < -0.39 is 6.04 Å². The van der Waals surface area contributed by atoms with Gasteiger partial charge >= 0.3 is 0 Å². The maximum Gasteiger partial charge on any atom is 0.241 e. The third-order valence-electron chi connectivity index (χ3n) is 3.83. The van der Waals surface area contributed by atoms with E-state index in [1.54, 1.807) is 0 Å². The lowest BCUT2D eigenvalue weighted by Crippen LogP contribution is -2.39. The molecule has 2 heterocycles. The summed E-state index contributed by atoms with van der Waals surface area (Å²) < 4.78 is 5.30. The minimum atomic E-state index is -0.660. The highest BCUT2D eigenvalue weighted by atomic mass is 16.5. The summed E-state index contributed by atoms with van der Waals surface area (Å²) in [4.78, 5) is 14.4. The van der Waals surface area contributed by atoms with Crippen molar-refractivity contribution in [3.8, 4) is 0 Å². The second-order valence-corrected chi connectivity index (χ2v) is 5.42. The predicted molar refractivity (Wildman–Crippen MR) is 79.9 cm³/mol. The summed E-state index contributed by atoms with van der Waals surface area (Å²) >= 11 is 0. The second-order valence-electron chi connectivity index (χ2n) is 5.42. The number of hydrogen-bond donors (Lipinski definition) is 3. The molecule has 0 aromatic carbocycles. The number of rotatable bonds is 6. The Morgan fingerprint density at radius 2 is 2.19 bits per heavy atom. The highest BCUT2D eigenvalue weighted by molar-refractivity contribution is 5.83. The molecule has 0 unspecified atom stereocenters. The summed E-state index contributed by atoms with van der Waals surface area (Å²) in [6.07, 6.45) is 0.918. The fraction of sp³-hybridized carbons (Fsp3) is 0.714. The Kier molecular flexibility index (Phi) is 5.72. The monoisotopic (exact) mass is 295 g/mol. The van der Waals surface area contributed by atoms with Gasteiger partial charge < -0.3 is 15.8 Å². The van der Waals surface area contributed by atoms with Gasteiger partial charge in [-0.2, -0.15) is 5.10 Å². The smallest absolute Gasteiger partial charge is 0.241 e. The van der Waals surface area contributed by atoms with E-state index in [1.807, 2.05) is 13.8 Å². The molecule has 1 atom stereocenters. The molecule has 1 amide bonds. The first-order chi connectivity index (χ1) is 10.1. The van der Waals surface area contributed by atoms with E-state index >= 15 is 0 Å². The summed E-state index contributed by atoms with van der Waals surface area (Å²) in [5.41, 5.74) is 8.43. The third-order valence-corrected chi connectivity index (χ3v) is 3.83. The number of nitrogens with one attached hydrogen (secondary N) is 2. The molecule has 1 aliphatic heterocycles. The van der Waals surface area contributed by atoms with E-state index in [2.05, 4.69) is 20.4 Å². The molecular weight excluding hydrogens is 270 g/mol. The van der Waals surface area contributed by atoms with Gasteiger partial charge in [-0.3, -0.25) is 14.8 Å². The normalized spacial score (nSPS) is 17.7. The summed E-state index contributed by atoms with van der Waals surface area (Å²) in [5, 5.41) is 9.83. The molecule has 0 bridgehead atoms. The predicted octanol–water partition coefficient (Wildman–Crippen LogP) is -0.135. The van der Waals surface area contributed by atoms with Gasteiger partial charge in [-0.05, 0) is 26.8 Å². The van der Waals surface area contributed by atoms with Gasteiger partial charge in [0.05, 0.1) is 18.9 Å². The Morgan fingerprint density at radius 1 is 1.48 bits per heavy atom. The van der Waals surface area contributed by atoms with Gasteiger partial charge in [-0.15, -0.1) is 0 Å². The van der Waals surface area contributed by atoms with Crippen LogP contribution in [0.25, 0.3) is 0 Å². The highest BCUT2D eigenvalue weighted by Crippen LogP contribution is 2.17. The van der Waals surface area contributed by atoms with E-state index in [4.69, 9.17) is 10.5 Å². The van der Waals surface area contributed by atoms with E-state index in [-0.39, 0.29) is 5.91 Å². The number of amides is 1. The zero-order valence-electron chi connectivity index (χ0n) is 12.8. The topological polar surface area (TPSA) is 96.3 Å². The highest BCUT2D eigenvalue weighted by Gasteiger charge is 2.21. The van der Waals surface area contributed by atoms with Crippen molar-refractivity contribution in [2.75, 3.05) is 39.4 Å². The first-order valence-corrected chi connectivity index (χ1v) is 7.44. The lowest BCUT2D eigenvalue weighted by atomic mass is 10.1. The van der Waals surface area contributed by atoms with E-state index in [9.17, 15) is 4.79 Å². The fourth-order valence-corrected chi connectivity index (χ4v) is 2.60. The van der Waals surface area contributed by atoms with E-state index in [1.165, 1.54) is 0 Å². The van der Waals surface area contributed by atoms with Gasteiger partial charge in [0.25, 0.3) is 0 Å². The summed E-state index contributed by atoms with van der Waals surface area (Å²) in [6.45, 7) is 8.89. The summed E-state index contributed by atoms with van der Waals surface area (Å²) in [5.74, 6) is -0.149. The number of ether oxygens (including phenoxy) is 1. The molecule has 1 aromatic heterocycles. The van der Waals surface area contributed by atoms with Crippen molar-refractivity contribution in [3.05, 3.63) is 17.0 Å². The number of morpholine rings is 1. The number of nitrogens with zero attached hydrogens (tertiary/aromatic N) is 2. The second kappa shape index (κ2) is 7.53. The number of aryl methyl sites for hydroxylation is 2. The number of nitrogens with two attached hydrogens (primary N) is 1. The molecular formula is C14H25N5O2. The van der Waals surface area contributed by atoms with Crippen molar-refractivity contribution in [2.45, 2.75) is 26.3 Å². The van der Waals surface area contributed by atoms with Gasteiger partial charge in [0.2, 0.25) is 5.91 Å². The standard InChI is InChI=1S/C14H25N5O2/c1-10-12(11(2)18-17-10)13(15)14(20)16-4-3-5-19-6-8-21-9-7-19/h13H,3-9,15H2,1-2H3,(H,16,20)(H,17,18)/t13-/m0/s1. The molecule has 0 spiro atoms. The van der Waals surface area contributed by atoms with Crippen LogP contribution in [0.2, 0.25) is 0 Å². The zero-order chi connectivity index (χ0) is 15.2. The number of aromatic nitrogens is 2. The third kappa shape index (κ3) is 4.26. The zero-order valence-corrected chi connectivity index (χ0v) is 12.8. The molecule has 7 nitrogen and oxygen atoms in total. The van der Waals surface area contributed by atoms with Crippen LogP contribution in [0.4, 0.5) is 0 Å². The number of aromatic amines is 1. The van der Waals surface area contributed by atoms with Gasteiger partial charge in [-0.25, -0.2) is 0 Å². The molecule has 21 heavy (non-hydrogen) atoms. The quantitative estimate of drug-likeness (QED) is 0.635. The van der Waals surface area contributed by atoms with Crippen molar-refractivity contribution >= 4 is 5.91 Å². The van der Waals surface area contributed by atoms with Crippen LogP contribution in [-0.2, 0) is 9.53 Å².